The molecular weight excluding hydrogens is 320 g/mol. The van der Waals surface area contributed by atoms with Crippen LogP contribution in [-0.2, 0) is 4.79 Å². The van der Waals surface area contributed by atoms with Crippen molar-refractivity contribution in [1.82, 2.24) is 0 Å². The molecule has 0 bridgehead atoms. The summed E-state index contributed by atoms with van der Waals surface area (Å²) in [5.41, 5.74) is 0. The van der Waals surface area contributed by atoms with E-state index in [0.29, 0.717) is 0 Å². The molecule has 0 atom stereocenters. The van der Waals surface area contributed by atoms with Crippen molar-refractivity contribution in [3.63, 3.8) is 0 Å². The largest absolute Gasteiger partial charge is 0.481 e. The summed E-state index contributed by atoms with van der Waals surface area (Å²) < 4.78 is 0. The van der Waals surface area contributed by atoms with Crippen LogP contribution in [-0.4, -0.2) is 11.1 Å². The van der Waals surface area contributed by atoms with Gasteiger partial charge in [-0.25, -0.2) is 0 Å². The van der Waals surface area contributed by atoms with Gasteiger partial charge < -0.3 is 5.11 Å². The minimum absolute atomic E-state index is 0.0478. The Morgan fingerprint density at radius 3 is 1.58 bits per heavy atom. The van der Waals surface area contributed by atoms with Crippen molar-refractivity contribution in [2.75, 3.05) is 0 Å². The van der Waals surface area contributed by atoms with Crippen LogP contribution >= 0.6 is 0 Å². The fraction of sp³-hybridized carbons (Fsp3) is 0.958. The van der Waals surface area contributed by atoms with E-state index in [1.165, 1.54) is 89.9 Å². The van der Waals surface area contributed by atoms with Crippen molar-refractivity contribution in [3.05, 3.63) is 0 Å². The molecule has 0 aliphatic heterocycles. The second kappa shape index (κ2) is 12.8. The third kappa shape index (κ3) is 8.44. The molecule has 2 saturated carbocycles. The van der Waals surface area contributed by atoms with Gasteiger partial charge in [0, 0.05) is 0 Å². The molecule has 1 N–H and O–H groups in total. The number of rotatable bonds is 12. The van der Waals surface area contributed by atoms with E-state index in [4.69, 9.17) is 5.11 Å². The molecule has 0 aromatic carbocycles. The zero-order chi connectivity index (χ0) is 18.6. The molecule has 0 amide bonds. The van der Waals surface area contributed by atoms with E-state index < -0.39 is 5.97 Å². The molecule has 0 unspecified atom stereocenters. The van der Waals surface area contributed by atoms with E-state index in [9.17, 15) is 4.79 Å². The monoisotopic (exact) mass is 364 g/mol. The van der Waals surface area contributed by atoms with Gasteiger partial charge >= 0.3 is 5.97 Å². The Balaban J connectivity index is 1.45. The highest BCUT2D eigenvalue weighted by molar-refractivity contribution is 5.69. The van der Waals surface area contributed by atoms with Gasteiger partial charge in [0.2, 0.25) is 0 Å². The molecule has 0 aromatic heterocycles. The molecule has 0 aromatic rings. The fourth-order valence-corrected chi connectivity index (χ4v) is 5.37. The van der Waals surface area contributed by atoms with Crippen LogP contribution in [0.4, 0.5) is 0 Å². The number of unbranched alkanes of at least 4 members (excludes halogenated alkanes) is 6. The molecular formula is C24H44O2. The number of carbonyl (C=O) groups is 1. The van der Waals surface area contributed by atoms with E-state index in [2.05, 4.69) is 6.92 Å². The lowest BCUT2D eigenvalue weighted by molar-refractivity contribution is -0.143. The molecule has 2 aliphatic carbocycles. The second-order valence-corrected chi connectivity index (χ2v) is 9.43. The Morgan fingerprint density at radius 1 is 0.654 bits per heavy atom. The zero-order valence-corrected chi connectivity index (χ0v) is 17.4. The van der Waals surface area contributed by atoms with Crippen LogP contribution < -0.4 is 0 Å². The molecule has 2 rings (SSSR count). The maximum absolute atomic E-state index is 11.1. The van der Waals surface area contributed by atoms with E-state index >= 15 is 0 Å². The van der Waals surface area contributed by atoms with Crippen LogP contribution in [0.5, 0.6) is 0 Å². The van der Waals surface area contributed by atoms with Crippen LogP contribution in [0.2, 0.25) is 0 Å². The van der Waals surface area contributed by atoms with Gasteiger partial charge in [0.15, 0.2) is 0 Å². The standard InChI is InChI=1S/C24H44O2/c1-2-3-4-5-6-7-8-9-20-10-12-21(13-11-20)14-15-22-16-18-23(19-17-22)24(25)26/h20-23H,2-19H2,1H3,(H,25,26). The Hall–Kier alpha value is -0.530. The van der Waals surface area contributed by atoms with Gasteiger partial charge in [-0.05, 0) is 43.4 Å². The SMILES string of the molecule is CCCCCCCCCC1CCC(CCC2CCC(C(=O)O)CC2)CC1. The van der Waals surface area contributed by atoms with E-state index in [-0.39, 0.29) is 5.92 Å². The molecule has 26 heavy (non-hydrogen) atoms. The topological polar surface area (TPSA) is 37.3 Å². The van der Waals surface area contributed by atoms with Gasteiger partial charge in [0.05, 0.1) is 5.92 Å². The van der Waals surface area contributed by atoms with E-state index in [1.54, 1.807) is 0 Å². The van der Waals surface area contributed by atoms with Gasteiger partial charge in [-0.2, -0.15) is 0 Å². The lowest BCUT2D eigenvalue weighted by atomic mass is 9.75. The molecule has 2 nitrogen and oxygen atoms in total. The highest BCUT2D eigenvalue weighted by Crippen LogP contribution is 2.37. The average molecular weight is 365 g/mol. The normalized spacial score (nSPS) is 29.6. The Morgan fingerprint density at radius 2 is 1.08 bits per heavy atom. The van der Waals surface area contributed by atoms with Crippen molar-refractivity contribution in [2.45, 2.75) is 122 Å². The van der Waals surface area contributed by atoms with Crippen LogP contribution in [0.15, 0.2) is 0 Å². The van der Waals surface area contributed by atoms with Gasteiger partial charge in [-0.3, -0.25) is 4.79 Å². The third-order valence-electron chi connectivity index (χ3n) is 7.36. The summed E-state index contributed by atoms with van der Waals surface area (Å²) in [5.74, 6) is 2.19. The van der Waals surface area contributed by atoms with Crippen molar-refractivity contribution in [3.8, 4) is 0 Å². The smallest absolute Gasteiger partial charge is 0.306 e. The summed E-state index contributed by atoms with van der Waals surface area (Å²) in [5, 5.41) is 9.11. The highest BCUT2D eigenvalue weighted by atomic mass is 16.4. The number of carboxylic acid groups (broad SMARTS) is 1. The predicted molar refractivity (Wildman–Crippen MR) is 110 cm³/mol. The molecule has 0 radical (unpaired) electrons. The molecule has 2 heteroatoms. The lowest BCUT2D eigenvalue weighted by Gasteiger charge is -2.31. The molecule has 152 valence electrons. The second-order valence-electron chi connectivity index (χ2n) is 9.43. The van der Waals surface area contributed by atoms with Crippen molar-refractivity contribution >= 4 is 5.97 Å². The first-order chi connectivity index (χ1) is 12.7. The first kappa shape index (κ1) is 21.8. The Bertz CT molecular complexity index is 362. The lowest BCUT2D eigenvalue weighted by Crippen LogP contribution is -2.22. The number of aliphatic carboxylic acids is 1. The predicted octanol–water partition coefficient (Wildman–Crippen LogP) is 7.60. The minimum Gasteiger partial charge on any atom is -0.481 e. The summed E-state index contributed by atoms with van der Waals surface area (Å²) in [7, 11) is 0. The summed E-state index contributed by atoms with van der Waals surface area (Å²) >= 11 is 0. The maximum atomic E-state index is 11.1. The van der Waals surface area contributed by atoms with Gasteiger partial charge in [0.25, 0.3) is 0 Å². The average Bonchev–Trinajstić information content (AvgIpc) is 2.67. The first-order valence-corrected chi connectivity index (χ1v) is 11.9. The molecule has 0 saturated heterocycles. The zero-order valence-electron chi connectivity index (χ0n) is 17.4. The summed E-state index contributed by atoms with van der Waals surface area (Å²) in [6.45, 7) is 2.29. The Labute approximate surface area is 162 Å². The van der Waals surface area contributed by atoms with Gasteiger partial charge in [-0.15, -0.1) is 0 Å². The van der Waals surface area contributed by atoms with Gasteiger partial charge in [-0.1, -0.05) is 96.8 Å². The summed E-state index contributed by atoms with van der Waals surface area (Å²) in [4.78, 5) is 11.1. The van der Waals surface area contributed by atoms with Crippen molar-refractivity contribution in [1.29, 1.82) is 0 Å². The van der Waals surface area contributed by atoms with E-state index in [1.807, 2.05) is 0 Å². The maximum Gasteiger partial charge on any atom is 0.306 e. The van der Waals surface area contributed by atoms with Crippen LogP contribution in [0.25, 0.3) is 0 Å². The quantitative estimate of drug-likeness (QED) is 0.362. The summed E-state index contributed by atoms with van der Waals surface area (Å²) in [6, 6.07) is 0. The van der Waals surface area contributed by atoms with Crippen molar-refractivity contribution < 1.29 is 9.90 Å². The third-order valence-corrected chi connectivity index (χ3v) is 7.36. The van der Waals surface area contributed by atoms with E-state index in [0.717, 1.165) is 43.4 Å². The fourth-order valence-electron chi connectivity index (χ4n) is 5.37. The summed E-state index contributed by atoms with van der Waals surface area (Å²) in [6.07, 6.45) is 24.4. The molecule has 0 spiro atoms. The molecule has 2 fully saturated rings. The van der Waals surface area contributed by atoms with Gasteiger partial charge in [0.1, 0.15) is 0 Å². The Kier molecular flexibility index (Phi) is 10.7. The van der Waals surface area contributed by atoms with Crippen LogP contribution in [0, 0.1) is 23.7 Å². The molecule has 0 heterocycles. The van der Waals surface area contributed by atoms with Crippen LogP contribution in [0.3, 0.4) is 0 Å². The molecule has 2 aliphatic rings. The number of hydrogen-bond donors (Lipinski definition) is 1. The highest BCUT2D eigenvalue weighted by Gasteiger charge is 2.27. The minimum atomic E-state index is -0.567. The first-order valence-electron chi connectivity index (χ1n) is 11.9. The van der Waals surface area contributed by atoms with Crippen LogP contribution in [0.1, 0.15) is 122 Å². The number of carboxylic acids is 1. The number of hydrogen-bond acceptors (Lipinski definition) is 1. The van der Waals surface area contributed by atoms with Crippen molar-refractivity contribution in [2.24, 2.45) is 23.7 Å².